The summed E-state index contributed by atoms with van der Waals surface area (Å²) in [5.41, 5.74) is 1.75. The number of rotatable bonds is 4. The standard InChI is InChI=1S/C17H30N2/c1-18-15-12-16-8-5-9-17(13-15)19(16)11-10-14-6-3-2-4-7-14/h6,15-18H,2-5,7-13H2,1H3. The first-order chi connectivity index (χ1) is 9.36. The molecule has 2 heteroatoms. The summed E-state index contributed by atoms with van der Waals surface area (Å²) in [7, 11) is 2.14. The quantitative estimate of drug-likeness (QED) is 0.780. The SMILES string of the molecule is CNC1CC2CCCC(C1)N2CCC1=CCCCC1. The lowest BCUT2D eigenvalue weighted by Crippen LogP contribution is -2.56. The molecule has 2 heterocycles. The number of nitrogens with one attached hydrogen (secondary N) is 1. The van der Waals surface area contributed by atoms with E-state index in [4.69, 9.17) is 0 Å². The minimum atomic E-state index is 0.778. The van der Waals surface area contributed by atoms with Crippen LogP contribution in [-0.4, -0.2) is 36.6 Å². The van der Waals surface area contributed by atoms with Gasteiger partial charge in [0.05, 0.1) is 0 Å². The maximum Gasteiger partial charge on any atom is 0.0113 e. The summed E-state index contributed by atoms with van der Waals surface area (Å²) >= 11 is 0. The maximum absolute atomic E-state index is 3.52. The molecule has 0 aromatic carbocycles. The number of hydrogen-bond donors (Lipinski definition) is 1. The van der Waals surface area contributed by atoms with Crippen molar-refractivity contribution in [3.8, 4) is 0 Å². The van der Waals surface area contributed by atoms with Crippen LogP contribution in [0.15, 0.2) is 11.6 Å². The molecule has 3 rings (SSSR count). The van der Waals surface area contributed by atoms with Crippen LogP contribution in [0.5, 0.6) is 0 Å². The Kier molecular flexibility index (Phi) is 4.60. The second-order valence-corrected chi connectivity index (χ2v) is 6.79. The van der Waals surface area contributed by atoms with E-state index in [2.05, 4.69) is 23.3 Å². The Hall–Kier alpha value is -0.340. The summed E-state index contributed by atoms with van der Waals surface area (Å²) in [6, 6.07) is 2.52. The Morgan fingerprint density at radius 1 is 1.16 bits per heavy atom. The molecule has 3 aliphatic rings. The van der Waals surface area contributed by atoms with Gasteiger partial charge < -0.3 is 5.32 Å². The number of allylic oxidation sites excluding steroid dienone is 1. The molecule has 19 heavy (non-hydrogen) atoms. The zero-order valence-electron chi connectivity index (χ0n) is 12.5. The molecule has 2 fully saturated rings. The van der Waals surface area contributed by atoms with E-state index < -0.39 is 0 Å². The highest BCUT2D eigenvalue weighted by Gasteiger charge is 2.37. The van der Waals surface area contributed by atoms with Crippen molar-refractivity contribution in [3.63, 3.8) is 0 Å². The molecule has 2 aliphatic heterocycles. The molecule has 0 spiro atoms. The van der Waals surface area contributed by atoms with Crippen LogP contribution in [0.2, 0.25) is 0 Å². The minimum Gasteiger partial charge on any atom is -0.317 e. The zero-order valence-corrected chi connectivity index (χ0v) is 12.5. The molecule has 1 N–H and O–H groups in total. The summed E-state index contributed by atoms with van der Waals surface area (Å²) in [5.74, 6) is 0. The van der Waals surface area contributed by atoms with Gasteiger partial charge in [0.1, 0.15) is 0 Å². The normalized spacial score (nSPS) is 36.1. The van der Waals surface area contributed by atoms with Crippen molar-refractivity contribution in [2.24, 2.45) is 0 Å². The fraction of sp³-hybridized carbons (Fsp3) is 0.882. The second kappa shape index (κ2) is 6.41. The van der Waals surface area contributed by atoms with Crippen molar-refractivity contribution in [1.82, 2.24) is 10.2 Å². The molecule has 0 amide bonds. The second-order valence-electron chi connectivity index (χ2n) is 6.79. The monoisotopic (exact) mass is 262 g/mol. The van der Waals surface area contributed by atoms with E-state index in [1.165, 1.54) is 70.8 Å². The van der Waals surface area contributed by atoms with E-state index in [0.717, 1.165) is 18.1 Å². The fourth-order valence-electron chi connectivity index (χ4n) is 4.48. The highest BCUT2D eigenvalue weighted by Crippen LogP contribution is 2.34. The Labute approximate surface area is 118 Å². The molecule has 2 saturated heterocycles. The topological polar surface area (TPSA) is 15.3 Å². The van der Waals surface area contributed by atoms with E-state index in [1.807, 2.05) is 0 Å². The van der Waals surface area contributed by atoms with Gasteiger partial charge in [-0.1, -0.05) is 18.1 Å². The summed E-state index contributed by atoms with van der Waals surface area (Å²) < 4.78 is 0. The molecule has 2 nitrogen and oxygen atoms in total. The van der Waals surface area contributed by atoms with Gasteiger partial charge >= 0.3 is 0 Å². The average molecular weight is 262 g/mol. The summed E-state index contributed by atoms with van der Waals surface area (Å²) in [4.78, 5) is 2.87. The Morgan fingerprint density at radius 2 is 1.95 bits per heavy atom. The number of piperidine rings is 2. The molecule has 0 aromatic rings. The van der Waals surface area contributed by atoms with E-state index >= 15 is 0 Å². The highest BCUT2D eigenvalue weighted by molar-refractivity contribution is 5.06. The van der Waals surface area contributed by atoms with Crippen molar-refractivity contribution < 1.29 is 0 Å². The summed E-state index contributed by atoms with van der Waals surface area (Å²) in [6.45, 7) is 1.33. The molecule has 1 aliphatic carbocycles. The van der Waals surface area contributed by atoms with Gasteiger partial charge in [0.2, 0.25) is 0 Å². The van der Waals surface area contributed by atoms with Crippen LogP contribution in [0.25, 0.3) is 0 Å². The van der Waals surface area contributed by atoms with Crippen molar-refractivity contribution in [2.75, 3.05) is 13.6 Å². The van der Waals surface area contributed by atoms with E-state index in [9.17, 15) is 0 Å². The maximum atomic E-state index is 3.52. The highest BCUT2D eigenvalue weighted by atomic mass is 15.2. The molecule has 2 bridgehead atoms. The summed E-state index contributed by atoms with van der Waals surface area (Å²) in [6.07, 6.45) is 16.5. The third kappa shape index (κ3) is 3.22. The lowest BCUT2D eigenvalue weighted by atomic mass is 9.81. The van der Waals surface area contributed by atoms with Gasteiger partial charge in [-0.3, -0.25) is 4.90 Å². The first kappa shape index (κ1) is 13.6. The lowest BCUT2D eigenvalue weighted by molar-refractivity contribution is 0.0268. The first-order valence-electron chi connectivity index (χ1n) is 8.47. The van der Waals surface area contributed by atoms with Crippen LogP contribution < -0.4 is 5.32 Å². The molecule has 2 unspecified atom stereocenters. The van der Waals surface area contributed by atoms with Crippen LogP contribution in [-0.2, 0) is 0 Å². The van der Waals surface area contributed by atoms with Gasteiger partial charge in [-0.05, 0) is 64.8 Å². The molecule has 108 valence electrons. The predicted octanol–water partition coefficient (Wildman–Crippen LogP) is 3.48. The summed E-state index contributed by atoms with van der Waals surface area (Å²) in [5, 5.41) is 3.52. The van der Waals surface area contributed by atoms with Crippen LogP contribution >= 0.6 is 0 Å². The number of fused-ring (bicyclic) bond motifs is 2. The van der Waals surface area contributed by atoms with E-state index in [-0.39, 0.29) is 0 Å². The molecular formula is C17H30N2. The average Bonchev–Trinajstić information content (AvgIpc) is 2.45. The third-order valence-corrected chi connectivity index (χ3v) is 5.61. The Balaban J connectivity index is 1.56. The van der Waals surface area contributed by atoms with Crippen LogP contribution in [0.4, 0.5) is 0 Å². The minimum absolute atomic E-state index is 0.778. The Morgan fingerprint density at radius 3 is 2.58 bits per heavy atom. The van der Waals surface area contributed by atoms with E-state index in [1.54, 1.807) is 5.57 Å². The fourth-order valence-corrected chi connectivity index (χ4v) is 4.48. The van der Waals surface area contributed by atoms with Crippen molar-refractivity contribution in [1.29, 1.82) is 0 Å². The molecule has 0 radical (unpaired) electrons. The van der Waals surface area contributed by atoms with Crippen molar-refractivity contribution >= 4 is 0 Å². The molecule has 0 aromatic heterocycles. The largest absolute Gasteiger partial charge is 0.317 e. The predicted molar refractivity (Wildman–Crippen MR) is 81.4 cm³/mol. The van der Waals surface area contributed by atoms with E-state index in [0.29, 0.717) is 0 Å². The van der Waals surface area contributed by atoms with Crippen molar-refractivity contribution in [3.05, 3.63) is 11.6 Å². The van der Waals surface area contributed by atoms with Crippen LogP contribution in [0.3, 0.4) is 0 Å². The Bertz CT molecular complexity index is 309. The first-order valence-corrected chi connectivity index (χ1v) is 8.47. The third-order valence-electron chi connectivity index (χ3n) is 5.61. The number of hydrogen-bond acceptors (Lipinski definition) is 2. The van der Waals surface area contributed by atoms with Crippen LogP contribution in [0.1, 0.15) is 64.2 Å². The van der Waals surface area contributed by atoms with Gasteiger partial charge in [-0.25, -0.2) is 0 Å². The van der Waals surface area contributed by atoms with Gasteiger partial charge in [-0.2, -0.15) is 0 Å². The molecular weight excluding hydrogens is 232 g/mol. The zero-order chi connectivity index (χ0) is 13.1. The van der Waals surface area contributed by atoms with Gasteiger partial charge in [0, 0.05) is 24.7 Å². The van der Waals surface area contributed by atoms with Gasteiger partial charge in [-0.15, -0.1) is 0 Å². The van der Waals surface area contributed by atoms with Gasteiger partial charge in [0.25, 0.3) is 0 Å². The molecule has 0 saturated carbocycles. The number of nitrogens with zero attached hydrogens (tertiary/aromatic N) is 1. The van der Waals surface area contributed by atoms with Gasteiger partial charge in [0.15, 0.2) is 0 Å². The smallest absolute Gasteiger partial charge is 0.0113 e. The van der Waals surface area contributed by atoms with Crippen molar-refractivity contribution in [2.45, 2.75) is 82.3 Å². The molecule has 2 atom stereocenters. The van der Waals surface area contributed by atoms with Crippen LogP contribution in [0, 0.1) is 0 Å². The lowest BCUT2D eigenvalue weighted by Gasteiger charge is -2.49.